The number of unbranched alkanes of at least 4 members (excludes halogenated alkanes) is 2. The van der Waals surface area contributed by atoms with Crippen LogP contribution in [0.3, 0.4) is 0 Å². The number of anilines is 1. The number of amides is 2. The van der Waals surface area contributed by atoms with Crippen LogP contribution in [0, 0.1) is 5.41 Å². The normalized spacial score (nSPS) is 11.3. The Kier molecular flexibility index (Phi) is 14.3. The summed E-state index contributed by atoms with van der Waals surface area (Å²) in [6, 6.07) is 11.6. The number of carbonyl (C=O) groups is 4. The highest BCUT2D eigenvalue weighted by atomic mass is 79.9. The van der Waals surface area contributed by atoms with Gasteiger partial charge < -0.3 is 31.3 Å². The zero-order valence-corrected chi connectivity index (χ0v) is 23.5. The Hall–Kier alpha value is -4.14. The number of rotatable bonds is 13. The van der Waals surface area contributed by atoms with Gasteiger partial charge in [0.25, 0.3) is 0 Å². The number of carbonyl (C=O) groups excluding carboxylic acids is 2. The van der Waals surface area contributed by atoms with Crippen molar-refractivity contribution in [3.8, 4) is 5.75 Å². The van der Waals surface area contributed by atoms with Crippen LogP contribution in [0.1, 0.15) is 56.2 Å². The quantitative estimate of drug-likeness (QED) is 0.0787. The minimum atomic E-state index is -5.08. The maximum absolute atomic E-state index is 12.3. The van der Waals surface area contributed by atoms with E-state index in [4.69, 9.17) is 30.9 Å². The Bertz CT molecular complexity index is 1220. The lowest BCUT2D eigenvalue weighted by Gasteiger charge is -2.16. The standard InChI is InChI=1S/C24H29BrN4O5.C2HF3O2/c1-15(17-8-11-20(19(25)13-17)34-12-4-2-3-5-23(32)33)28-21(30)14-22(31)29-18-9-6-16(7-10-18)24(26)27;3-2(4,5)1(6)7/h6-11,13,15H,2-5,12,14H2,1H3,(H3,26,27)(H,28,30)(H,29,31)(H,32,33);(H,6,7). The van der Waals surface area contributed by atoms with Crippen molar-refractivity contribution in [1.82, 2.24) is 5.32 Å². The second-order valence-corrected chi connectivity index (χ2v) is 9.41. The van der Waals surface area contributed by atoms with Crippen LogP contribution in [0.4, 0.5) is 18.9 Å². The number of hydrogen-bond donors (Lipinski definition) is 6. The molecule has 0 spiro atoms. The molecule has 0 aromatic heterocycles. The molecule has 0 heterocycles. The Morgan fingerprint density at radius 2 is 1.63 bits per heavy atom. The largest absolute Gasteiger partial charge is 0.492 e. The Balaban J connectivity index is 0.00000106. The monoisotopic (exact) mass is 646 g/mol. The number of nitrogens with two attached hydrogens (primary N) is 1. The average Bonchev–Trinajstić information content (AvgIpc) is 2.86. The molecule has 11 nitrogen and oxygen atoms in total. The number of amidine groups is 1. The summed E-state index contributed by atoms with van der Waals surface area (Å²) >= 11 is 3.47. The zero-order valence-electron chi connectivity index (χ0n) is 21.9. The lowest BCUT2D eigenvalue weighted by molar-refractivity contribution is -0.192. The van der Waals surface area contributed by atoms with Crippen LogP contribution in [-0.4, -0.2) is 52.6 Å². The minimum absolute atomic E-state index is 0.0644. The highest BCUT2D eigenvalue weighted by Gasteiger charge is 2.38. The van der Waals surface area contributed by atoms with Gasteiger partial charge in [-0.25, -0.2) is 4.79 Å². The fourth-order valence-electron chi connectivity index (χ4n) is 3.10. The maximum Gasteiger partial charge on any atom is 0.490 e. The Morgan fingerprint density at radius 3 is 2.15 bits per heavy atom. The maximum atomic E-state index is 12.3. The van der Waals surface area contributed by atoms with Gasteiger partial charge in [0.2, 0.25) is 11.8 Å². The van der Waals surface area contributed by atoms with Crippen molar-refractivity contribution in [2.75, 3.05) is 11.9 Å². The number of halogens is 4. The molecule has 0 saturated heterocycles. The van der Waals surface area contributed by atoms with Gasteiger partial charge in [-0.1, -0.05) is 6.07 Å². The van der Waals surface area contributed by atoms with E-state index in [0.29, 0.717) is 30.0 Å². The highest BCUT2D eigenvalue weighted by Crippen LogP contribution is 2.28. The Morgan fingerprint density at radius 1 is 1.02 bits per heavy atom. The number of aliphatic carboxylic acids is 2. The highest BCUT2D eigenvalue weighted by molar-refractivity contribution is 9.10. The van der Waals surface area contributed by atoms with E-state index in [1.54, 1.807) is 30.3 Å². The SMILES string of the molecule is CC(NC(=O)CC(=O)Nc1ccc(C(=N)N)cc1)c1ccc(OCCCCCC(=O)O)c(Br)c1.O=C(O)C(F)(F)F. The molecule has 224 valence electrons. The van der Waals surface area contributed by atoms with Crippen LogP contribution in [0.15, 0.2) is 46.9 Å². The lowest BCUT2D eigenvalue weighted by Crippen LogP contribution is -2.30. The van der Waals surface area contributed by atoms with Gasteiger partial charge in [0.15, 0.2) is 0 Å². The molecule has 0 fully saturated rings. The fourth-order valence-corrected chi connectivity index (χ4v) is 3.61. The number of hydrogen-bond acceptors (Lipinski definition) is 6. The van der Waals surface area contributed by atoms with E-state index >= 15 is 0 Å². The molecule has 2 aromatic rings. The van der Waals surface area contributed by atoms with Gasteiger partial charge >= 0.3 is 18.1 Å². The smallest absolute Gasteiger partial charge is 0.490 e. The van der Waals surface area contributed by atoms with E-state index in [9.17, 15) is 27.6 Å². The van der Waals surface area contributed by atoms with Gasteiger partial charge in [0, 0.05) is 17.7 Å². The van der Waals surface area contributed by atoms with Crippen LogP contribution >= 0.6 is 15.9 Å². The molecular weight excluding hydrogens is 617 g/mol. The van der Waals surface area contributed by atoms with Crippen LogP contribution in [-0.2, 0) is 19.2 Å². The van der Waals surface area contributed by atoms with Crippen molar-refractivity contribution < 1.29 is 47.3 Å². The van der Waals surface area contributed by atoms with Crippen molar-refractivity contribution in [3.63, 3.8) is 0 Å². The number of carboxylic acid groups (broad SMARTS) is 2. The van der Waals surface area contributed by atoms with Gasteiger partial charge in [-0.05, 0) is 84.1 Å². The first-order chi connectivity index (χ1) is 19.1. The molecule has 1 atom stereocenters. The van der Waals surface area contributed by atoms with Crippen molar-refractivity contribution in [2.45, 2.75) is 51.2 Å². The number of alkyl halides is 3. The first-order valence-corrected chi connectivity index (χ1v) is 12.9. The van der Waals surface area contributed by atoms with Crippen molar-refractivity contribution in [3.05, 3.63) is 58.1 Å². The van der Waals surface area contributed by atoms with Gasteiger partial charge in [0.1, 0.15) is 18.0 Å². The lowest BCUT2D eigenvalue weighted by atomic mass is 10.1. The molecule has 0 bridgehead atoms. The topological polar surface area (TPSA) is 192 Å². The summed E-state index contributed by atoms with van der Waals surface area (Å²) in [7, 11) is 0. The zero-order chi connectivity index (χ0) is 31.2. The first-order valence-electron chi connectivity index (χ1n) is 12.1. The van der Waals surface area contributed by atoms with Crippen molar-refractivity contribution in [2.24, 2.45) is 5.73 Å². The predicted octanol–water partition coefficient (Wildman–Crippen LogP) is 4.60. The summed E-state index contributed by atoms with van der Waals surface area (Å²) < 4.78 is 38.2. The van der Waals surface area contributed by atoms with Crippen LogP contribution in [0.25, 0.3) is 0 Å². The molecule has 0 aliphatic heterocycles. The summed E-state index contributed by atoms with van der Waals surface area (Å²) in [5.41, 5.74) is 7.30. The van der Waals surface area contributed by atoms with E-state index in [0.717, 1.165) is 22.9 Å². The van der Waals surface area contributed by atoms with Crippen LogP contribution in [0.5, 0.6) is 5.75 Å². The van der Waals surface area contributed by atoms with Gasteiger partial charge in [-0.3, -0.25) is 19.8 Å². The van der Waals surface area contributed by atoms with E-state index in [1.807, 2.05) is 19.1 Å². The molecule has 2 amide bonds. The van der Waals surface area contributed by atoms with Gasteiger partial charge in [0.05, 0.1) is 17.1 Å². The summed E-state index contributed by atoms with van der Waals surface area (Å²) in [5.74, 6) is -3.81. The number of ether oxygens (including phenoxy) is 1. The second-order valence-electron chi connectivity index (χ2n) is 8.55. The average molecular weight is 647 g/mol. The number of nitrogen functional groups attached to an aromatic ring is 1. The van der Waals surface area contributed by atoms with E-state index < -0.39 is 29.9 Å². The van der Waals surface area contributed by atoms with E-state index in [1.165, 1.54) is 0 Å². The summed E-state index contributed by atoms with van der Waals surface area (Å²) in [4.78, 5) is 43.9. The van der Waals surface area contributed by atoms with E-state index in [-0.39, 0.29) is 24.7 Å². The summed E-state index contributed by atoms with van der Waals surface area (Å²) in [6.07, 6.45) is -3.08. The summed E-state index contributed by atoms with van der Waals surface area (Å²) in [5, 5.41) is 28.6. The van der Waals surface area contributed by atoms with Gasteiger partial charge in [-0.15, -0.1) is 0 Å². The van der Waals surface area contributed by atoms with Crippen LogP contribution in [0.2, 0.25) is 0 Å². The van der Waals surface area contributed by atoms with Crippen molar-refractivity contribution in [1.29, 1.82) is 5.41 Å². The molecule has 2 aromatic carbocycles. The molecule has 41 heavy (non-hydrogen) atoms. The molecule has 0 aliphatic carbocycles. The molecular formula is C26H30BrF3N4O7. The molecule has 0 saturated carbocycles. The fraction of sp³-hybridized carbons (Fsp3) is 0.346. The Labute approximate surface area is 241 Å². The summed E-state index contributed by atoms with van der Waals surface area (Å²) in [6.45, 7) is 2.30. The third kappa shape index (κ3) is 14.2. The molecule has 2 rings (SSSR count). The van der Waals surface area contributed by atoms with Crippen LogP contribution < -0.4 is 21.1 Å². The molecule has 15 heteroatoms. The molecule has 7 N–H and O–H groups in total. The molecule has 0 radical (unpaired) electrons. The van der Waals surface area contributed by atoms with Gasteiger partial charge in [-0.2, -0.15) is 13.2 Å². The third-order valence-electron chi connectivity index (χ3n) is 5.17. The molecule has 1 unspecified atom stereocenters. The first kappa shape index (κ1) is 34.9. The third-order valence-corrected chi connectivity index (χ3v) is 5.79. The number of benzene rings is 2. The molecule has 0 aliphatic rings. The number of carboxylic acids is 2. The minimum Gasteiger partial charge on any atom is -0.492 e. The second kappa shape index (κ2) is 16.8. The predicted molar refractivity (Wildman–Crippen MR) is 147 cm³/mol. The number of nitrogens with one attached hydrogen (secondary N) is 3. The van der Waals surface area contributed by atoms with E-state index in [2.05, 4.69) is 26.6 Å². The van der Waals surface area contributed by atoms with Crippen molar-refractivity contribution >= 4 is 51.2 Å².